The Balaban J connectivity index is 1.73. The largest absolute Gasteiger partial charge is 0.444 e. The van der Waals surface area contributed by atoms with E-state index in [-0.39, 0.29) is 6.09 Å². The Labute approximate surface area is 151 Å². The zero-order chi connectivity index (χ0) is 18.3. The number of nitrogens with one attached hydrogen (secondary N) is 1. The number of H-pyrrole nitrogens is 1. The predicted octanol–water partition coefficient (Wildman–Crippen LogP) is 4.14. The van der Waals surface area contributed by atoms with E-state index in [9.17, 15) is 4.79 Å². The van der Waals surface area contributed by atoms with E-state index >= 15 is 0 Å². The quantitative estimate of drug-likeness (QED) is 0.716. The van der Waals surface area contributed by atoms with E-state index < -0.39 is 5.60 Å². The summed E-state index contributed by atoms with van der Waals surface area (Å²) in [5, 5.41) is 2.11. The molecule has 26 heavy (non-hydrogen) atoms. The standard InChI is InChI=1S/C20H22N4O2/c1-20(2,3)26-19(25)24-10-4-5-13(12-24)14-6-8-21-16-11-23-18-15(17(14)16)7-9-22-18/h5-9,11,21H,4,10,12H2,1-3H3. The van der Waals surface area contributed by atoms with Crippen LogP contribution in [0.2, 0.25) is 0 Å². The molecule has 0 aliphatic carbocycles. The molecule has 3 aromatic heterocycles. The summed E-state index contributed by atoms with van der Waals surface area (Å²) >= 11 is 0. The summed E-state index contributed by atoms with van der Waals surface area (Å²) in [5.74, 6) is 0. The molecule has 4 rings (SSSR count). The highest BCUT2D eigenvalue weighted by molar-refractivity contribution is 6.08. The number of carbonyl (C=O) groups excluding carboxylic acids is 1. The molecule has 1 amide bonds. The molecule has 0 unspecified atom stereocenters. The molecule has 0 radical (unpaired) electrons. The van der Waals surface area contributed by atoms with Gasteiger partial charge in [0.05, 0.1) is 11.7 Å². The van der Waals surface area contributed by atoms with Gasteiger partial charge in [-0.15, -0.1) is 0 Å². The molecule has 0 aromatic carbocycles. The highest BCUT2D eigenvalue weighted by Gasteiger charge is 2.25. The van der Waals surface area contributed by atoms with Crippen LogP contribution in [-0.4, -0.2) is 44.6 Å². The first-order valence-electron chi connectivity index (χ1n) is 8.80. The van der Waals surface area contributed by atoms with Gasteiger partial charge in [-0.2, -0.15) is 0 Å². The molecular weight excluding hydrogens is 328 g/mol. The van der Waals surface area contributed by atoms with Crippen molar-refractivity contribution in [2.45, 2.75) is 32.8 Å². The summed E-state index contributed by atoms with van der Waals surface area (Å²) in [6.07, 6.45) is 8.24. The Morgan fingerprint density at radius 1 is 1.27 bits per heavy atom. The van der Waals surface area contributed by atoms with Crippen LogP contribution in [0.15, 0.2) is 36.8 Å². The van der Waals surface area contributed by atoms with Crippen LogP contribution in [0.3, 0.4) is 0 Å². The molecule has 1 N–H and O–H groups in total. The number of pyridine rings is 2. The number of nitrogens with zero attached hydrogens (tertiary/aromatic N) is 3. The van der Waals surface area contributed by atoms with Crippen LogP contribution in [0.5, 0.6) is 0 Å². The molecule has 0 spiro atoms. The molecule has 0 fully saturated rings. The van der Waals surface area contributed by atoms with Crippen molar-refractivity contribution in [3.05, 3.63) is 42.4 Å². The Kier molecular flexibility index (Phi) is 3.90. The topological polar surface area (TPSA) is 71.1 Å². The van der Waals surface area contributed by atoms with Gasteiger partial charge in [-0.3, -0.25) is 0 Å². The van der Waals surface area contributed by atoms with E-state index in [0.717, 1.165) is 39.5 Å². The zero-order valence-electron chi connectivity index (χ0n) is 15.2. The minimum atomic E-state index is -0.494. The van der Waals surface area contributed by atoms with Gasteiger partial charge in [0.1, 0.15) is 5.60 Å². The Bertz CT molecular complexity index is 1010. The number of fused-ring (bicyclic) bond motifs is 3. The highest BCUT2D eigenvalue weighted by atomic mass is 16.6. The first-order valence-corrected chi connectivity index (χ1v) is 8.80. The van der Waals surface area contributed by atoms with Crippen molar-refractivity contribution in [2.24, 2.45) is 0 Å². The van der Waals surface area contributed by atoms with Crippen molar-refractivity contribution in [1.82, 2.24) is 19.9 Å². The van der Waals surface area contributed by atoms with Crippen LogP contribution in [0, 0.1) is 0 Å². The fraction of sp³-hybridized carbons (Fsp3) is 0.350. The highest BCUT2D eigenvalue weighted by Crippen LogP contribution is 2.31. The summed E-state index contributed by atoms with van der Waals surface area (Å²) in [7, 11) is 0. The third-order valence-corrected chi connectivity index (χ3v) is 4.44. The molecule has 6 heteroatoms. The summed E-state index contributed by atoms with van der Waals surface area (Å²) in [6.45, 7) is 6.87. The van der Waals surface area contributed by atoms with Crippen molar-refractivity contribution in [1.29, 1.82) is 0 Å². The first kappa shape index (κ1) is 16.6. The number of aromatic nitrogens is 3. The van der Waals surface area contributed by atoms with E-state index in [2.05, 4.69) is 27.1 Å². The smallest absolute Gasteiger partial charge is 0.410 e. The van der Waals surface area contributed by atoms with Gasteiger partial charge in [0.25, 0.3) is 0 Å². The molecule has 0 bridgehead atoms. The molecule has 0 saturated carbocycles. The molecular formula is C20H22N4O2. The molecule has 0 atom stereocenters. The Hall–Kier alpha value is -2.89. The molecule has 3 aromatic rings. The van der Waals surface area contributed by atoms with Crippen LogP contribution in [0.4, 0.5) is 4.79 Å². The van der Waals surface area contributed by atoms with Crippen molar-refractivity contribution in [2.75, 3.05) is 13.1 Å². The van der Waals surface area contributed by atoms with E-state index in [4.69, 9.17) is 4.74 Å². The van der Waals surface area contributed by atoms with E-state index in [1.165, 1.54) is 0 Å². The SMILES string of the molecule is CC(C)(C)OC(=O)N1CCC=C(c2cc[nH]c3cnc4nccc4c23)C1. The predicted molar refractivity (Wildman–Crippen MR) is 102 cm³/mol. The van der Waals surface area contributed by atoms with Crippen molar-refractivity contribution >= 4 is 33.6 Å². The second kappa shape index (κ2) is 6.12. The van der Waals surface area contributed by atoms with Gasteiger partial charge in [0.15, 0.2) is 5.65 Å². The third kappa shape index (κ3) is 3.03. The van der Waals surface area contributed by atoms with E-state index in [1.807, 2.05) is 39.2 Å². The lowest BCUT2D eigenvalue weighted by Gasteiger charge is -2.30. The van der Waals surface area contributed by atoms with Crippen molar-refractivity contribution in [3.8, 4) is 0 Å². The van der Waals surface area contributed by atoms with E-state index in [1.54, 1.807) is 11.1 Å². The summed E-state index contributed by atoms with van der Waals surface area (Å²) < 4.78 is 5.54. The average Bonchev–Trinajstić information content (AvgIpc) is 3.09. The second-order valence-electron chi connectivity index (χ2n) is 7.54. The van der Waals surface area contributed by atoms with Gasteiger partial charge in [-0.05, 0) is 50.5 Å². The van der Waals surface area contributed by atoms with Crippen LogP contribution < -0.4 is 0 Å². The zero-order valence-corrected chi connectivity index (χ0v) is 15.2. The lowest BCUT2D eigenvalue weighted by molar-refractivity contribution is 0.0273. The average molecular weight is 350 g/mol. The maximum atomic E-state index is 12.5. The van der Waals surface area contributed by atoms with Crippen molar-refractivity contribution < 1.29 is 9.53 Å². The molecule has 1 aliphatic rings. The fourth-order valence-electron chi connectivity index (χ4n) is 3.35. The number of ether oxygens (including phenoxy) is 1. The van der Waals surface area contributed by atoms with Gasteiger partial charge in [-0.1, -0.05) is 6.08 Å². The normalized spacial score (nSPS) is 15.3. The van der Waals surface area contributed by atoms with Crippen LogP contribution in [0.25, 0.3) is 27.5 Å². The monoisotopic (exact) mass is 350 g/mol. The number of carbonyl (C=O) groups is 1. The lowest BCUT2D eigenvalue weighted by Crippen LogP contribution is -2.39. The number of hydrogen-bond donors (Lipinski definition) is 1. The van der Waals surface area contributed by atoms with Gasteiger partial charge in [0, 0.05) is 36.3 Å². The molecule has 134 valence electrons. The molecule has 0 saturated heterocycles. The molecule has 6 nitrogen and oxygen atoms in total. The fourth-order valence-corrected chi connectivity index (χ4v) is 3.35. The van der Waals surface area contributed by atoms with Crippen molar-refractivity contribution in [3.63, 3.8) is 0 Å². The number of aromatic amines is 1. The summed E-state index contributed by atoms with van der Waals surface area (Å²) in [4.78, 5) is 26.2. The lowest BCUT2D eigenvalue weighted by atomic mass is 9.97. The van der Waals surface area contributed by atoms with Gasteiger partial charge < -0.3 is 14.6 Å². The first-order chi connectivity index (χ1) is 12.4. The number of amides is 1. The van der Waals surface area contributed by atoms with E-state index in [0.29, 0.717) is 13.1 Å². The summed E-state index contributed by atoms with van der Waals surface area (Å²) in [6, 6.07) is 4.04. The van der Waals surface area contributed by atoms with Crippen LogP contribution >= 0.6 is 0 Å². The summed E-state index contributed by atoms with van der Waals surface area (Å²) in [5.41, 5.74) is 3.42. The number of hydrogen-bond acceptors (Lipinski definition) is 4. The minimum Gasteiger partial charge on any atom is -0.444 e. The Morgan fingerprint density at radius 2 is 2.12 bits per heavy atom. The second-order valence-corrected chi connectivity index (χ2v) is 7.54. The van der Waals surface area contributed by atoms with Crippen LogP contribution in [0.1, 0.15) is 32.8 Å². The van der Waals surface area contributed by atoms with Gasteiger partial charge in [0.2, 0.25) is 0 Å². The number of rotatable bonds is 1. The third-order valence-electron chi connectivity index (χ3n) is 4.44. The maximum absolute atomic E-state index is 12.5. The van der Waals surface area contributed by atoms with Crippen LogP contribution in [-0.2, 0) is 4.74 Å². The van der Waals surface area contributed by atoms with Gasteiger partial charge in [-0.25, -0.2) is 14.8 Å². The maximum Gasteiger partial charge on any atom is 0.410 e. The Morgan fingerprint density at radius 3 is 2.92 bits per heavy atom. The molecule has 4 heterocycles. The van der Waals surface area contributed by atoms with Gasteiger partial charge >= 0.3 is 6.09 Å². The molecule has 1 aliphatic heterocycles. The minimum absolute atomic E-state index is 0.267.